The Balaban J connectivity index is 1.70. The van der Waals surface area contributed by atoms with Gasteiger partial charge in [-0.25, -0.2) is 0 Å². The normalized spacial score (nSPS) is 18.7. The molecule has 1 aliphatic rings. The fourth-order valence-corrected chi connectivity index (χ4v) is 2.82. The summed E-state index contributed by atoms with van der Waals surface area (Å²) in [6, 6.07) is 7.78. The molecule has 4 nitrogen and oxygen atoms in total. The number of nitrogens with two attached hydrogens (primary N) is 1. The number of hydrogen-bond donors (Lipinski definition) is 3. The molecule has 1 aromatic rings. The first-order valence-electron chi connectivity index (χ1n) is 6.33. The highest BCUT2D eigenvalue weighted by atomic mass is 32.2. The molecule has 0 aromatic heterocycles. The van der Waals surface area contributed by atoms with E-state index in [-0.39, 0.29) is 6.10 Å². The van der Waals surface area contributed by atoms with Crippen LogP contribution in [-0.2, 0) is 0 Å². The average Bonchev–Trinajstić information content (AvgIpc) is 2.39. The highest BCUT2D eigenvalue weighted by Crippen LogP contribution is 2.20. The van der Waals surface area contributed by atoms with E-state index in [2.05, 4.69) is 10.2 Å². The zero-order valence-electron chi connectivity index (χ0n) is 10.5. The van der Waals surface area contributed by atoms with Crippen LogP contribution >= 0.6 is 11.8 Å². The molecule has 0 spiro atoms. The first-order valence-corrected chi connectivity index (χ1v) is 7.32. The fourth-order valence-electron chi connectivity index (χ4n) is 2.00. The lowest BCUT2D eigenvalue weighted by atomic mass is 10.3. The molecule has 0 amide bonds. The molecule has 0 radical (unpaired) electrons. The number of piperazine rings is 1. The first-order chi connectivity index (χ1) is 8.74. The molecule has 1 unspecified atom stereocenters. The van der Waals surface area contributed by atoms with Gasteiger partial charge in [0.25, 0.3) is 0 Å². The summed E-state index contributed by atoms with van der Waals surface area (Å²) in [6.07, 6.45) is -0.273. The third-order valence-electron chi connectivity index (χ3n) is 3.00. The number of nitrogen functional groups attached to an aromatic ring is 1. The molecule has 0 aliphatic carbocycles. The van der Waals surface area contributed by atoms with Crippen LogP contribution in [0.4, 0.5) is 5.69 Å². The topological polar surface area (TPSA) is 61.5 Å². The van der Waals surface area contributed by atoms with Gasteiger partial charge in [-0.3, -0.25) is 4.90 Å². The Morgan fingerprint density at radius 3 is 2.61 bits per heavy atom. The average molecular weight is 267 g/mol. The maximum absolute atomic E-state index is 10.0. The smallest absolute Gasteiger partial charge is 0.0760 e. The van der Waals surface area contributed by atoms with E-state index in [0.717, 1.165) is 49.1 Å². The van der Waals surface area contributed by atoms with Crippen LogP contribution in [0.25, 0.3) is 0 Å². The number of nitrogens with zero attached hydrogens (tertiary/aromatic N) is 1. The lowest BCUT2D eigenvalue weighted by Crippen LogP contribution is -2.46. The van der Waals surface area contributed by atoms with Crippen molar-refractivity contribution >= 4 is 17.4 Å². The molecule has 1 heterocycles. The minimum Gasteiger partial charge on any atom is -0.399 e. The second-order valence-electron chi connectivity index (χ2n) is 4.58. The number of aliphatic hydroxyl groups excluding tert-OH is 1. The van der Waals surface area contributed by atoms with Gasteiger partial charge < -0.3 is 16.2 Å². The minimum atomic E-state index is -0.273. The number of nitrogens with one attached hydrogen (secondary N) is 1. The third-order valence-corrected chi connectivity index (χ3v) is 4.16. The molecule has 0 bridgehead atoms. The molecule has 2 rings (SSSR count). The van der Waals surface area contributed by atoms with E-state index >= 15 is 0 Å². The van der Waals surface area contributed by atoms with Crippen molar-refractivity contribution < 1.29 is 5.11 Å². The molecule has 100 valence electrons. The van der Waals surface area contributed by atoms with Gasteiger partial charge >= 0.3 is 0 Å². The molecule has 0 saturated carbocycles. The SMILES string of the molecule is Nc1ccc(SCC(O)CN2CCNCC2)cc1. The molecule has 18 heavy (non-hydrogen) atoms. The van der Waals surface area contributed by atoms with Gasteiger partial charge in [-0.2, -0.15) is 0 Å². The van der Waals surface area contributed by atoms with Crippen molar-refractivity contribution in [3.63, 3.8) is 0 Å². The van der Waals surface area contributed by atoms with Crippen molar-refractivity contribution in [3.05, 3.63) is 24.3 Å². The van der Waals surface area contributed by atoms with E-state index in [1.807, 2.05) is 24.3 Å². The summed E-state index contributed by atoms with van der Waals surface area (Å²) < 4.78 is 0. The van der Waals surface area contributed by atoms with Crippen molar-refractivity contribution in [3.8, 4) is 0 Å². The Labute approximate surface area is 113 Å². The Kier molecular flexibility index (Phi) is 5.31. The van der Waals surface area contributed by atoms with Crippen LogP contribution in [0.1, 0.15) is 0 Å². The van der Waals surface area contributed by atoms with Gasteiger partial charge in [-0.15, -0.1) is 11.8 Å². The number of hydrogen-bond acceptors (Lipinski definition) is 5. The lowest BCUT2D eigenvalue weighted by Gasteiger charge is -2.28. The van der Waals surface area contributed by atoms with Crippen LogP contribution in [0.5, 0.6) is 0 Å². The predicted molar refractivity (Wildman–Crippen MR) is 76.9 cm³/mol. The van der Waals surface area contributed by atoms with Crippen molar-refractivity contribution in [2.75, 3.05) is 44.2 Å². The molecule has 1 saturated heterocycles. The summed E-state index contributed by atoms with van der Waals surface area (Å²) >= 11 is 1.68. The van der Waals surface area contributed by atoms with Crippen LogP contribution in [-0.4, -0.2) is 54.6 Å². The standard InChI is InChI=1S/C13H21N3OS/c14-11-1-3-13(4-2-11)18-10-12(17)9-16-7-5-15-6-8-16/h1-4,12,15,17H,5-10,14H2. The number of anilines is 1. The van der Waals surface area contributed by atoms with Gasteiger partial charge in [0.2, 0.25) is 0 Å². The van der Waals surface area contributed by atoms with Crippen LogP contribution in [0.15, 0.2) is 29.2 Å². The van der Waals surface area contributed by atoms with Gasteiger partial charge in [0.1, 0.15) is 0 Å². The molecule has 5 heteroatoms. The van der Waals surface area contributed by atoms with Crippen molar-refractivity contribution in [2.45, 2.75) is 11.0 Å². The van der Waals surface area contributed by atoms with Crippen LogP contribution in [0.3, 0.4) is 0 Å². The highest BCUT2D eigenvalue weighted by Gasteiger charge is 2.14. The summed E-state index contributed by atoms with van der Waals surface area (Å²) in [5.41, 5.74) is 6.41. The predicted octanol–water partition coefficient (Wildman–Crippen LogP) is 0.627. The van der Waals surface area contributed by atoms with Gasteiger partial charge in [0.05, 0.1) is 6.10 Å². The maximum atomic E-state index is 10.0. The zero-order valence-corrected chi connectivity index (χ0v) is 11.3. The van der Waals surface area contributed by atoms with E-state index < -0.39 is 0 Å². The summed E-state index contributed by atoms with van der Waals surface area (Å²) in [6.45, 7) is 4.88. The van der Waals surface area contributed by atoms with Gasteiger partial charge in [-0.05, 0) is 24.3 Å². The largest absolute Gasteiger partial charge is 0.399 e. The van der Waals surface area contributed by atoms with Crippen LogP contribution in [0, 0.1) is 0 Å². The number of benzene rings is 1. The zero-order chi connectivity index (χ0) is 12.8. The monoisotopic (exact) mass is 267 g/mol. The van der Waals surface area contributed by atoms with E-state index in [9.17, 15) is 5.11 Å². The number of β-amino-alcohol motifs (C(OH)–C–C–N with tert-alkyl or cyclic N) is 1. The molecular formula is C13H21N3OS. The number of rotatable bonds is 5. The van der Waals surface area contributed by atoms with Crippen molar-refractivity contribution in [1.29, 1.82) is 0 Å². The van der Waals surface area contributed by atoms with Crippen molar-refractivity contribution in [1.82, 2.24) is 10.2 Å². The molecule has 1 atom stereocenters. The molecule has 1 fully saturated rings. The number of thioether (sulfide) groups is 1. The van der Waals surface area contributed by atoms with Crippen LogP contribution < -0.4 is 11.1 Å². The van der Waals surface area contributed by atoms with Crippen LogP contribution in [0.2, 0.25) is 0 Å². The molecule has 1 aliphatic heterocycles. The highest BCUT2D eigenvalue weighted by molar-refractivity contribution is 7.99. The number of aliphatic hydroxyl groups is 1. The summed E-state index contributed by atoms with van der Waals surface area (Å²) in [4.78, 5) is 3.47. The van der Waals surface area contributed by atoms with E-state index in [1.54, 1.807) is 11.8 Å². The second kappa shape index (κ2) is 6.99. The van der Waals surface area contributed by atoms with Gasteiger partial charge in [-0.1, -0.05) is 0 Å². The van der Waals surface area contributed by atoms with Gasteiger partial charge in [0.15, 0.2) is 0 Å². The fraction of sp³-hybridized carbons (Fsp3) is 0.538. The third kappa shape index (κ3) is 4.49. The summed E-state index contributed by atoms with van der Waals surface area (Å²) in [5.74, 6) is 0.730. The van der Waals surface area contributed by atoms with Gasteiger partial charge in [0, 0.05) is 49.1 Å². The van der Waals surface area contributed by atoms with E-state index in [4.69, 9.17) is 5.73 Å². The Hall–Kier alpha value is -0.750. The molecule has 4 N–H and O–H groups in total. The van der Waals surface area contributed by atoms with E-state index in [0.29, 0.717) is 0 Å². The minimum absolute atomic E-state index is 0.273. The lowest BCUT2D eigenvalue weighted by molar-refractivity contribution is 0.121. The quantitative estimate of drug-likeness (QED) is 0.539. The molecule has 1 aromatic carbocycles. The maximum Gasteiger partial charge on any atom is 0.0760 e. The Morgan fingerprint density at radius 1 is 1.28 bits per heavy atom. The first kappa shape index (κ1) is 13.7. The Morgan fingerprint density at radius 2 is 1.94 bits per heavy atom. The molecular weight excluding hydrogens is 246 g/mol. The van der Waals surface area contributed by atoms with Crippen molar-refractivity contribution in [2.24, 2.45) is 0 Å². The summed E-state index contributed by atoms with van der Waals surface area (Å²) in [5, 5.41) is 13.3. The Bertz CT molecular complexity index is 352. The summed E-state index contributed by atoms with van der Waals surface area (Å²) in [7, 11) is 0. The van der Waals surface area contributed by atoms with E-state index in [1.165, 1.54) is 0 Å². The second-order valence-corrected chi connectivity index (χ2v) is 5.68.